The van der Waals surface area contributed by atoms with Crippen LogP contribution in [0.2, 0.25) is 0 Å². The molecule has 1 saturated heterocycles. The van der Waals surface area contributed by atoms with Crippen molar-refractivity contribution in [2.75, 3.05) is 5.32 Å². The summed E-state index contributed by atoms with van der Waals surface area (Å²) in [6.07, 6.45) is 4.24. The van der Waals surface area contributed by atoms with Crippen LogP contribution in [0.25, 0.3) is 0 Å². The number of carbonyl (C=O) groups is 2. The van der Waals surface area contributed by atoms with E-state index in [4.69, 9.17) is 0 Å². The number of nitrogens with zero attached hydrogens (tertiary/aromatic N) is 1. The monoisotopic (exact) mass is 353 g/mol. The van der Waals surface area contributed by atoms with Crippen LogP contribution in [0.1, 0.15) is 32.1 Å². The number of amides is 2. The van der Waals surface area contributed by atoms with Gasteiger partial charge in [0.25, 0.3) is 0 Å². The lowest BCUT2D eigenvalue weighted by Gasteiger charge is -2.08. The van der Waals surface area contributed by atoms with Crippen LogP contribution in [0.3, 0.4) is 0 Å². The van der Waals surface area contributed by atoms with Gasteiger partial charge in [-0.25, -0.2) is 8.78 Å². The average Bonchev–Trinajstić information content (AvgIpc) is 3.13. The normalized spacial score (nSPS) is 22.8. The first-order valence-electron chi connectivity index (χ1n) is 7.81. The number of carbonyl (C=O) groups excluding carboxylic acids is 2. The third-order valence-electron chi connectivity index (χ3n) is 3.98. The van der Waals surface area contributed by atoms with Gasteiger partial charge in [0.15, 0.2) is 5.17 Å². The van der Waals surface area contributed by atoms with Crippen LogP contribution in [0.5, 0.6) is 0 Å². The number of anilines is 1. The van der Waals surface area contributed by atoms with Crippen molar-refractivity contribution in [3.05, 3.63) is 29.8 Å². The van der Waals surface area contributed by atoms with Gasteiger partial charge in [0.1, 0.15) is 16.9 Å². The van der Waals surface area contributed by atoms with Crippen molar-refractivity contribution < 1.29 is 18.4 Å². The lowest BCUT2D eigenvalue weighted by atomic mass is 10.2. The Hall–Kier alpha value is -1.96. The van der Waals surface area contributed by atoms with E-state index in [-0.39, 0.29) is 24.1 Å². The number of amidine groups is 1. The Bertz CT molecular complexity index is 690. The fraction of sp³-hybridized carbons (Fsp3) is 0.438. The highest BCUT2D eigenvalue weighted by atomic mass is 32.2. The molecule has 2 N–H and O–H groups in total. The van der Waals surface area contributed by atoms with E-state index in [1.807, 2.05) is 0 Å². The number of rotatable bonds is 4. The molecular formula is C16H17F2N3O2S. The zero-order valence-corrected chi connectivity index (χ0v) is 13.7. The van der Waals surface area contributed by atoms with Crippen LogP contribution < -0.4 is 10.6 Å². The molecular weight excluding hydrogens is 336 g/mol. The van der Waals surface area contributed by atoms with Crippen LogP contribution in [0.15, 0.2) is 23.2 Å². The van der Waals surface area contributed by atoms with Crippen molar-refractivity contribution in [1.82, 2.24) is 5.32 Å². The van der Waals surface area contributed by atoms with E-state index >= 15 is 0 Å². The Kier molecular flexibility index (Phi) is 5.13. The molecule has 1 saturated carbocycles. The number of hydrogen-bond donors (Lipinski definition) is 2. The smallest absolute Gasteiger partial charge is 0.240 e. The summed E-state index contributed by atoms with van der Waals surface area (Å²) in [7, 11) is 0. The van der Waals surface area contributed by atoms with Crippen molar-refractivity contribution in [1.29, 1.82) is 0 Å². The Balaban J connectivity index is 1.57. The molecule has 0 radical (unpaired) electrons. The molecule has 1 heterocycles. The number of hydrogen-bond acceptors (Lipinski definition) is 4. The molecule has 1 aromatic rings. The minimum absolute atomic E-state index is 0.100. The SMILES string of the molecule is O=C(C[C@H]1SC(=NC2CCCC2)NC1=O)Nc1ccc(F)cc1F. The Labute approximate surface area is 142 Å². The molecule has 1 aliphatic heterocycles. The van der Waals surface area contributed by atoms with E-state index in [0.29, 0.717) is 11.2 Å². The molecule has 2 aliphatic rings. The van der Waals surface area contributed by atoms with Crippen molar-refractivity contribution in [2.45, 2.75) is 43.4 Å². The minimum Gasteiger partial charge on any atom is -0.324 e. The summed E-state index contributed by atoms with van der Waals surface area (Å²) >= 11 is 1.23. The van der Waals surface area contributed by atoms with Crippen molar-refractivity contribution in [3.63, 3.8) is 0 Å². The van der Waals surface area contributed by atoms with Gasteiger partial charge in [-0.15, -0.1) is 0 Å². The first-order valence-corrected chi connectivity index (χ1v) is 8.69. The van der Waals surface area contributed by atoms with Crippen LogP contribution in [0, 0.1) is 11.6 Å². The Morgan fingerprint density at radius 3 is 2.79 bits per heavy atom. The zero-order valence-electron chi connectivity index (χ0n) is 12.9. The van der Waals surface area contributed by atoms with E-state index in [9.17, 15) is 18.4 Å². The topological polar surface area (TPSA) is 70.6 Å². The summed E-state index contributed by atoms with van der Waals surface area (Å²) in [4.78, 5) is 28.4. The number of aliphatic imine (C=N–C) groups is 1. The molecule has 8 heteroatoms. The quantitative estimate of drug-likeness (QED) is 0.874. The fourth-order valence-electron chi connectivity index (χ4n) is 2.76. The second-order valence-corrected chi connectivity index (χ2v) is 7.04. The van der Waals surface area contributed by atoms with Gasteiger partial charge in [-0.2, -0.15) is 0 Å². The summed E-state index contributed by atoms with van der Waals surface area (Å²) in [6, 6.07) is 3.15. The van der Waals surface area contributed by atoms with E-state index < -0.39 is 22.8 Å². The second kappa shape index (κ2) is 7.29. The Morgan fingerprint density at radius 1 is 1.33 bits per heavy atom. The van der Waals surface area contributed by atoms with E-state index in [1.54, 1.807) is 0 Å². The number of nitrogens with one attached hydrogen (secondary N) is 2. The third-order valence-corrected chi connectivity index (χ3v) is 5.07. The summed E-state index contributed by atoms with van der Waals surface area (Å²) < 4.78 is 26.4. The van der Waals surface area contributed by atoms with Crippen LogP contribution in [0.4, 0.5) is 14.5 Å². The van der Waals surface area contributed by atoms with Gasteiger partial charge >= 0.3 is 0 Å². The summed E-state index contributed by atoms with van der Waals surface area (Å²) in [5, 5.41) is 5.01. The highest BCUT2D eigenvalue weighted by molar-refractivity contribution is 8.15. The standard InChI is InChI=1S/C16H17F2N3O2S/c17-9-5-6-12(11(18)7-9)20-14(22)8-13-15(23)21-16(24-13)19-10-3-1-2-4-10/h5-7,10,13H,1-4,8H2,(H,20,22)(H,19,21,23)/t13-/m1/s1. The highest BCUT2D eigenvalue weighted by Crippen LogP contribution is 2.27. The van der Waals surface area contributed by atoms with Crippen LogP contribution in [-0.2, 0) is 9.59 Å². The van der Waals surface area contributed by atoms with Gasteiger partial charge < -0.3 is 10.6 Å². The molecule has 1 aromatic carbocycles. The second-order valence-electron chi connectivity index (χ2n) is 5.84. The maximum atomic E-state index is 13.5. The van der Waals surface area contributed by atoms with E-state index in [0.717, 1.165) is 37.8 Å². The molecule has 2 amide bonds. The van der Waals surface area contributed by atoms with Gasteiger partial charge in [-0.05, 0) is 25.0 Å². The average molecular weight is 353 g/mol. The van der Waals surface area contributed by atoms with Gasteiger partial charge in [-0.3, -0.25) is 14.6 Å². The number of benzene rings is 1. The van der Waals surface area contributed by atoms with E-state index in [2.05, 4.69) is 15.6 Å². The molecule has 2 fully saturated rings. The summed E-state index contributed by atoms with van der Waals surface area (Å²) in [5.41, 5.74) is -0.107. The number of halogens is 2. The molecule has 0 aromatic heterocycles. The molecule has 128 valence electrons. The number of thioether (sulfide) groups is 1. The van der Waals surface area contributed by atoms with Crippen molar-refractivity contribution >= 4 is 34.4 Å². The van der Waals surface area contributed by atoms with Gasteiger partial charge in [-0.1, -0.05) is 24.6 Å². The minimum atomic E-state index is -0.852. The Morgan fingerprint density at radius 2 is 2.08 bits per heavy atom. The third kappa shape index (κ3) is 4.11. The first kappa shape index (κ1) is 16.9. The molecule has 3 rings (SSSR count). The molecule has 1 aliphatic carbocycles. The van der Waals surface area contributed by atoms with Gasteiger partial charge in [0.05, 0.1) is 11.7 Å². The molecule has 1 atom stereocenters. The van der Waals surface area contributed by atoms with Crippen LogP contribution >= 0.6 is 11.8 Å². The zero-order chi connectivity index (χ0) is 17.1. The maximum Gasteiger partial charge on any atom is 0.240 e. The molecule has 24 heavy (non-hydrogen) atoms. The van der Waals surface area contributed by atoms with Crippen molar-refractivity contribution in [2.24, 2.45) is 4.99 Å². The fourth-order valence-corrected chi connectivity index (χ4v) is 3.80. The largest absolute Gasteiger partial charge is 0.324 e. The predicted molar refractivity (Wildman–Crippen MR) is 88.8 cm³/mol. The molecule has 0 unspecified atom stereocenters. The molecule has 5 nitrogen and oxygen atoms in total. The summed E-state index contributed by atoms with van der Waals surface area (Å²) in [6.45, 7) is 0. The lowest BCUT2D eigenvalue weighted by Crippen LogP contribution is -2.28. The van der Waals surface area contributed by atoms with Gasteiger partial charge in [0, 0.05) is 12.5 Å². The predicted octanol–water partition coefficient (Wildman–Crippen LogP) is 2.82. The molecule has 0 spiro atoms. The van der Waals surface area contributed by atoms with E-state index in [1.165, 1.54) is 11.8 Å². The van der Waals surface area contributed by atoms with Gasteiger partial charge in [0.2, 0.25) is 11.8 Å². The lowest BCUT2D eigenvalue weighted by molar-refractivity contribution is -0.122. The van der Waals surface area contributed by atoms with Crippen molar-refractivity contribution in [3.8, 4) is 0 Å². The summed E-state index contributed by atoms with van der Waals surface area (Å²) in [5.74, 6) is -2.35. The molecule has 0 bridgehead atoms. The first-order chi connectivity index (χ1) is 11.5. The van der Waals surface area contributed by atoms with Crippen LogP contribution in [-0.4, -0.2) is 28.3 Å². The highest BCUT2D eigenvalue weighted by Gasteiger charge is 2.33. The maximum absolute atomic E-state index is 13.5.